The lowest BCUT2D eigenvalue weighted by molar-refractivity contribution is 0.237. The maximum absolute atomic E-state index is 13.2. The van der Waals surface area contributed by atoms with Crippen LogP contribution in [0.25, 0.3) is 0 Å². The van der Waals surface area contributed by atoms with Gasteiger partial charge in [0.15, 0.2) is 0 Å². The third-order valence-corrected chi connectivity index (χ3v) is 9.14. The van der Waals surface area contributed by atoms with E-state index < -0.39 is 10.0 Å². The lowest BCUT2D eigenvalue weighted by atomic mass is 10.2. The van der Waals surface area contributed by atoms with Crippen LogP contribution in [0.1, 0.15) is 39.5 Å². The van der Waals surface area contributed by atoms with E-state index in [1.54, 1.807) is 37.6 Å². The van der Waals surface area contributed by atoms with Gasteiger partial charge in [0.1, 0.15) is 28.8 Å². The Balaban J connectivity index is 1.52. The number of anilines is 4. The van der Waals surface area contributed by atoms with Crippen molar-refractivity contribution in [2.75, 3.05) is 44.0 Å². The molecule has 216 valence electrons. The fourth-order valence-electron chi connectivity index (χ4n) is 4.48. The minimum Gasteiger partial charge on any atom is -0.495 e. The van der Waals surface area contributed by atoms with Crippen LogP contribution in [-0.2, 0) is 10.0 Å². The number of ether oxygens (including phenoxy) is 2. The first-order chi connectivity index (χ1) is 19.3. The standard InChI is InChI=1S/C28H37IN6O4S/c1-4-20(5-2)34-40(36,37)26-11-7-6-10-23(26)31-27-22(29)19-30-28(33-27)32-24-18-21(12-13-25(24)38-3)39-17-16-35-14-8-9-15-35/h6-7,10-13,18-20,34H,4-5,8-9,14-17H2,1-3H3,(H2,30,31,32,33). The normalized spacial score (nSPS) is 13.9. The highest BCUT2D eigenvalue weighted by Crippen LogP contribution is 2.32. The molecule has 12 heteroatoms. The van der Waals surface area contributed by atoms with Crippen LogP contribution < -0.4 is 24.8 Å². The Bertz CT molecular complexity index is 1380. The Labute approximate surface area is 250 Å². The molecule has 0 saturated carbocycles. The average molecular weight is 681 g/mol. The lowest BCUT2D eigenvalue weighted by Gasteiger charge is -2.18. The number of benzene rings is 2. The molecule has 0 unspecified atom stereocenters. The molecule has 0 amide bonds. The Morgan fingerprint density at radius 2 is 1.80 bits per heavy atom. The zero-order valence-corrected chi connectivity index (χ0v) is 26.1. The fourth-order valence-corrected chi connectivity index (χ4v) is 6.44. The van der Waals surface area contributed by atoms with E-state index in [4.69, 9.17) is 9.47 Å². The van der Waals surface area contributed by atoms with E-state index in [0.717, 1.165) is 29.0 Å². The molecule has 0 aliphatic carbocycles. The molecule has 0 bridgehead atoms. The van der Waals surface area contributed by atoms with E-state index in [0.29, 0.717) is 48.3 Å². The molecule has 4 rings (SSSR count). The van der Waals surface area contributed by atoms with E-state index in [9.17, 15) is 8.42 Å². The van der Waals surface area contributed by atoms with Crippen LogP contribution in [0.2, 0.25) is 0 Å². The predicted molar refractivity (Wildman–Crippen MR) is 167 cm³/mol. The maximum atomic E-state index is 13.2. The number of para-hydroxylation sites is 1. The summed E-state index contributed by atoms with van der Waals surface area (Å²) in [5.74, 6) is 2.13. The van der Waals surface area contributed by atoms with Crippen molar-refractivity contribution in [3.8, 4) is 11.5 Å². The van der Waals surface area contributed by atoms with Gasteiger partial charge in [-0.25, -0.2) is 18.1 Å². The van der Waals surface area contributed by atoms with Gasteiger partial charge in [-0.2, -0.15) is 4.98 Å². The van der Waals surface area contributed by atoms with E-state index >= 15 is 0 Å². The average Bonchev–Trinajstić information content (AvgIpc) is 3.47. The maximum Gasteiger partial charge on any atom is 0.242 e. The number of methoxy groups -OCH3 is 1. The van der Waals surface area contributed by atoms with Crippen LogP contribution in [0, 0.1) is 3.57 Å². The minimum atomic E-state index is -3.74. The molecule has 0 spiro atoms. The zero-order valence-electron chi connectivity index (χ0n) is 23.1. The molecular formula is C28H37IN6O4S. The number of likely N-dealkylation sites (tertiary alicyclic amines) is 1. The molecule has 1 aromatic heterocycles. The second-order valence-corrected chi connectivity index (χ2v) is 12.4. The Morgan fingerprint density at radius 3 is 2.52 bits per heavy atom. The predicted octanol–water partition coefficient (Wildman–Crippen LogP) is 5.52. The summed E-state index contributed by atoms with van der Waals surface area (Å²) >= 11 is 2.12. The number of aromatic nitrogens is 2. The number of hydrogen-bond acceptors (Lipinski definition) is 9. The third-order valence-electron chi connectivity index (χ3n) is 6.77. The van der Waals surface area contributed by atoms with Gasteiger partial charge in [-0.1, -0.05) is 26.0 Å². The van der Waals surface area contributed by atoms with Crippen LogP contribution in [0.3, 0.4) is 0 Å². The van der Waals surface area contributed by atoms with E-state index in [1.807, 2.05) is 32.0 Å². The first kappa shape index (κ1) is 30.3. The summed E-state index contributed by atoms with van der Waals surface area (Å²) in [6.07, 6.45) is 5.58. The molecule has 0 radical (unpaired) electrons. The summed E-state index contributed by atoms with van der Waals surface area (Å²) in [5.41, 5.74) is 1.08. The van der Waals surface area contributed by atoms with Gasteiger partial charge >= 0.3 is 0 Å². The second kappa shape index (κ2) is 14.3. The molecule has 1 fully saturated rings. The van der Waals surface area contributed by atoms with Gasteiger partial charge in [-0.3, -0.25) is 4.90 Å². The summed E-state index contributed by atoms with van der Waals surface area (Å²) in [5, 5.41) is 6.42. The number of halogens is 1. The Morgan fingerprint density at radius 1 is 1.05 bits per heavy atom. The monoisotopic (exact) mass is 680 g/mol. The van der Waals surface area contributed by atoms with Gasteiger partial charge in [0.2, 0.25) is 16.0 Å². The van der Waals surface area contributed by atoms with Gasteiger partial charge in [0, 0.05) is 24.8 Å². The van der Waals surface area contributed by atoms with Crippen molar-refractivity contribution < 1.29 is 17.9 Å². The van der Waals surface area contributed by atoms with Gasteiger partial charge < -0.3 is 20.1 Å². The largest absolute Gasteiger partial charge is 0.495 e. The van der Waals surface area contributed by atoms with Crippen molar-refractivity contribution in [3.05, 3.63) is 52.2 Å². The number of sulfonamides is 1. The van der Waals surface area contributed by atoms with Crippen molar-refractivity contribution in [1.29, 1.82) is 0 Å². The van der Waals surface area contributed by atoms with Crippen molar-refractivity contribution in [3.63, 3.8) is 0 Å². The first-order valence-electron chi connectivity index (χ1n) is 13.5. The number of rotatable bonds is 14. The summed E-state index contributed by atoms with van der Waals surface area (Å²) in [6, 6.07) is 12.2. The zero-order chi connectivity index (χ0) is 28.5. The number of nitrogens with one attached hydrogen (secondary N) is 3. The van der Waals surface area contributed by atoms with Crippen LogP contribution in [0.5, 0.6) is 11.5 Å². The third kappa shape index (κ3) is 7.95. The highest BCUT2D eigenvalue weighted by atomic mass is 127. The molecule has 40 heavy (non-hydrogen) atoms. The molecular weight excluding hydrogens is 643 g/mol. The SMILES string of the molecule is CCC(CC)NS(=O)(=O)c1ccccc1Nc1nc(Nc2cc(OCCN3CCCC3)ccc2OC)ncc1I. The van der Waals surface area contributed by atoms with E-state index in [-0.39, 0.29) is 10.9 Å². The van der Waals surface area contributed by atoms with Crippen LogP contribution in [0.15, 0.2) is 53.6 Å². The smallest absolute Gasteiger partial charge is 0.242 e. The summed E-state index contributed by atoms with van der Waals surface area (Å²) in [6.45, 7) is 7.69. The Hall–Kier alpha value is -2.68. The number of nitrogens with zero attached hydrogens (tertiary/aromatic N) is 3. The van der Waals surface area contributed by atoms with Crippen molar-refractivity contribution in [1.82, 2.24) is 19.6 Å². The quantitative estimate of drug-likeness (QED) is 0.189. The van der Waals surface area contributed by atoms with Crippen molar-refractivity contribution in [2.45, 2.75) is 50.5 Å². The molecule has 1 aliphatic rings. The summed E-state index contributed by atoms with van der Waals surface area (Å²) in [4.78, 5) is 11.6. The summed E-state index contributed by atoms with van der Waals surface area (Å²) in [7, 11) is -2.14. The second-order valence-electron chi connectivity index (χ2n) is 9.53. The molecule has 2 aromatic carbocycles. The summed E-state index contributed by atoms with van der Waals surface area (Å²) < 4.78 is 41.5. The molecule has 2 heterocycles. The topological polar surface area (TPSA) is 118 Å². The lowest BCUT2D eigenvalue weighted by Crippen LogP contribution is -2.34. The van der Waals surface area contributed by atoms with E-state index in [2.05, 4.69) is 52.8 Å². The molecule has 1 saturated heterocycles. The highest BCUT2D eigenvalue weighted by molar-refractivity contribution is 14.1. The minimum absolute atomic E-state index is 0.136. The van der Waals surface area contributed by atoms with Gasteiger partial charge in [-0.05, 0) is 85.6 Å². The van der Waals surface area contributed by atoms with Crippen LogP contribution in [0.4, 0.5) is 23.1 Å². The molecule has 3 N–H and O–H groups in total. The van der Waals surface area contributed by atoms with E-state index in [1.165, 1.54) is 12.8 Å². The Kier molecular flexibility index (Phi) is 10.8. The molecule has 1 aliphatic heterocycles. The molecule has 3 aromatic rings. The van der Waals surface area contributed by atoms with Crippen LogP contribution in [-0.4, -0.2) is 62.7 Å². The van der Waals surface area contributed by atoms with Gasteiger partial charge in [0.25, 0.3) is 0 Å². The molecule has 0 atom stereocenters. The van der Waals surface area contributed by atoms with Gasteiger partial charge in [-0.15, -0.1) is 0 Å². The first-order valence-corrected chi connectivity index (χ1v) is 16.1. The molecule has 10 nitrogen and oxygen atoms in total. The highest BCUT2D eigenvalue weighted by Gasteiger charge is 2.22. The van der Waals surface area contributed by atoms with Crippen LogP contribution >= 0.6 is 22.6 Å². The van der Waals surface area contributed by atoms with Crippen molar-refractivity contribution in [2.24, 2.45) is 0 Å². The van der Waals surface area contributed by atoms with Gasteiger partial charge in [0.05, 0.1) is 22.1 Å². The fraction of sp³-hybridized carbons (Fsp3) is 0.429. The van der Waals surface area contributed by atoms with Crippen molar-refractivity contribution >= 4 is 55.8 Å². The number of hydrogen-bond donors (Lipinski definition) is 3.